The van der Waals surface area contributed by atoms with E-state index in [1.54, 1.807) is 62.4 Å². The summed E-state index contributed by atoms with van der Waals surface area (Å²) in [5, 5.41) is 10.3. The molecule has 0 saturated heterocycles. The molecule has 1 aromatic carbocycles. The minimum absolute atomic E-state index is 0.116. The maximum Gasteiger partial charge on any atom is 0.433 e. The van der Waals surface area contributed by atoms with Gasteiger partial charge in [0.2, 0.25) is 0 Å². The first kappa shape index (κ1) is 27.9. The van der Waals surface area contributed by atoms with Crippen LogP contribution in [0.2, 0.25) is 0 Å². The summed E-state index contributed by atoms with van der Waals surface area (Å²) in [5.41, 5.74) is 0.243. The number of aryl methyl sites for hydroxylation is 1. The quantitative estimate of drug-likeness (QED) is 0.265. The normalized spacial score (nSPS) is 12.1. The van der Waals surface area contributed by atoms with Crippen LogP contribution in [0, 0.1) is 6.92 Å². The van der Waals surface area contributed by atoms with Crippen LogP contribution in [0.15, 0.2) is 71.5 Å². The Hall–Kier alpha value is -4.64. The van der Waals surface area contributed by atoms with Crippen LogP contribution in [0.25, 0.3) is 33.7 Å². The molecule has 210 valence electrons. The Morgan fingerprint density at radius 1 is 0.854 bits per heavy atom. The van der Waals surface area contributed by atoms with E-state index >= 15 is 0 Å². The standard InChI is InChI=1S/C30H26F3N5O3/c1-17-14-19(15-23(34-17)30(31,32)33)26-25(18-8-5-4-6-9-18)38-28-27(37-26)21(16-24(39)36-28)41-13-12-20-10-7-11-22(35-20)29(2,3)40/h4-11,14-16,40H,12-13H2,1-3H3,(H,36,38,39). The molecule has 0 atom stereocenters. The van der Waals surface area contributed by atoms with Crippen molar-refractivity contribution in [3.05, 3.63) is 99.9 Å². The number of alkyl halides is 3. The lowest BCUT2D eigenvalue weighted by atomic mass is 10.0. The number of H-pyrrole nitrogens is 1. The van der Waals surface area contributed by atoms with Crippen molar-refractivity contribution in [2.24, 2.45) is 0 Å². The first-order valence-corrected chi connectivity index (χ1v) is 12.8. The molecule has 0 spiro atoms. The van der Waals surface area contributed by atoms with Gasteiger partial charge in [-0.3, -0.25) is 9.78 Å². The summed E-state index contributed by atoms with van der Waals surface area (Å²) in [6.07, 6.45) is -4.30. The largest absolute Gasteiger partial charge is 0.491 e. The van der Waals surface area contributed by atoms with E-state index in [2.05, 4.69) is 19.9 Å². The molecule has 4 aromatic heterocycles. The number of hydrogen-bond acceptors (Lipinski definition) is 7. The van der Waals surface area contributed by atoms with Gasteiger partial charge in [0, 0.05) is 35.0 Å². The zero-order valence-corrected chi connectivity index (χ0v) is 22.5. The predicted molar refractivity (Wildman–Crippen MR) is 147 cm³/mol. The van der Waals surface area contributed by atoms with E-state index in [0.717, 1.165) is 6.07 Å². The summed E-state index contributed by atoms with van der Waals surface area (Å²) in [4.78, 5) is 32.6. The fourth-order valence-corrected chi connectivity index (χ4v) is 4.32. The Kier molecular flexibility index (Phi) is 7.31. The molecule has 0 bridgehead atoms. The van der Waals surface area contributed by atoms with Crippen molar-refractivity contribution in [3.8, 4) is 28.3 Å². The van der Waals surface area contributed by atoms with Crippen LogP contribution in [0.4, 0.5) is 13.2 Å². The molecule has 5 aromatic rings. The maximum atomic E-state index is 13.6. The third-order valence-electron chi connectivity index (χ3n) is 6.25. The van der Waals surface area contributed by atoms with Gasteiger partial charge in [-0.2, -0.15) is 13.2 Å². The monoisotopic (exact) mass is 561 g/mol. The number of nitrogens with zero attached hydrogens (tertiary/aromatic N) is 4. The van der Waals surface area contributed by atoms with E-state index in [4.69, 9.17) is 9.72 Å². The molecule has 41 heavy (non-hydrogen) atoms. The second-order valence-electron chi connectivity index (χ2n) is 10.0. The lowest BCUT2D eigenvalue weighted by molar-refractivity contribution is -0.141. The van der Waals surface area contributed by atoms with Crippen LogP contribution in [-0.4, -0.2) is 36.6 Å². The first-order chi connectivity index (χ1) is 19.4. The van der Waals surface area contributed by atoms with Gasteiger partial charge in [-0.15, -0.1) is 0 Å². The van der Waals surface area contributed by atoms with E-state index < -0.39 is 23.0 Å². The van der Waals surface area contributed by atoms with Gasteiger partial charge in [-0.25, -0.2) is 15.0 Å². The van der Waals surface area contributed by atoms with Gasteiger partial charge < -0.3 is 14.8 Å². The lowest BCUT2D eigenvalue weighted by Crippen LogP contribution is -2.18. The number of aromatic amines is 1. The Bertz CT molecular complexity index is 1780. The number of nitrogens with one attached hydrogen (secondary N) is 1. The van der Waals surface area contributed by atoms with Crippen molar-refractivity contribution in [1.29, 1.82) is 0 Å². The molecule has 0 fully saturated rings. The molecular formula is C30H26F3N5O3. The second-order valence-corrected chi connectivity index (χ2v) is 10.0. The van der Waals surface area contributed by atoms with E-state index in [-0.39, 0.29) is 46.2 Å². The molecule has 5 rings (SSSR count). The van der Waals surface area contributed by atoms with Gasteiger partial charge in [0.15, 0.2) is 11.4 Å². The van der Waals surface area contributed by atoms with Crippen molar-refractivity contribution in [1.82, 2.24) is 24.9 Å². The van der Waals surface area contributed by atoms with Crippen molar-refractivity contribution in [2.75, 3.05) is 6.61 Å². The van der Waals surface area contributed by atoms with Gasteiger partial charge in [0.05, 0.1) is 23.7 Å². The number of hydrogen-bond donors (Lipinski definition) is 2. The summed E-state index contributed by atoms with van der Waals surface area (Å²) in [6.45, 7) is 4.87. The number of aliphatic hydroxyl groups is 1. The number of rotatable bonds is 7. The van der Waals surface area contributed by atoms with Crippen molar-refractivity contribution in [2.45, 2.75) is 39.0 Å². The predicted octanol–water partition coefficient (Wildman–Crippen LogP) is 5.62. The lowest BCUT2D eigenvalue weighted by Gasteiger charge is -2.17. The molecular weight excluding hydrogens is 535 g/mol. The molecule has 0 aliphatic carbocycles. The van der Waals surface area contributed by atoms with Crippen LogP contribution in [0.5, 0.6) is 5.75 Å². The molecule has 11 heteroatoms. The van der Waals surface area contributed by atoms with Crippen LogP contribution < -0.4 is 10.3 Å². The Morgan fingerprint density at radius 2 is 1.59 bits per heavy atom. The van der Waals surface area contributed by atoms with Crippen molar-refractivity contribution < 1.29 is 23.0 Å². The molecule has 0 aliphatic rings. The number of fused-ring (bicyclic) bond motifs is 1. The number of ether oxygens (including phenoxy) is 1. The van der Waals surface area contributed by atoms with Gasteiger partial charge in [-0.05, 0) is 45.0 Å². The number of benzene rings is 1. The summed E-state index contributed by atoms with van der Waals surface area (Å²) < 4.78 is 46.9. The summed E-state index contributed by atoms with van der Waals surface area (Å²) in [7, 11) is 0. The number of halogens is 3. The molecule has 0 radical (unpaired) electrons. The van der Waals surface area contributed by atoms with E-state index in [9.17, 15) is 23.1 Å². The molecule has 0 saturated carbocycles. The molecule has 4 heterocycles. The number of pyridine rings is 3. The highest BCUT2D eigenvalue weighted by atomic mass is 19.4. The third-order valence-corrected chi connectivity index (χ3v) is 6.25. The zero-order chi connectivity index (χ0) is 29.4. The second kappa shape index (κ2) is 10.7. The van der Waals surface area contributed by atoms with Crippen LogP contribution in [0.3, 0.4) is 0 Å². The summed E-state index contributed by atoms with van der Waals surface area (Å²) in [6, 6.07) is 17.8. The van der Waals surface area contributed by atoms with Crippen LogP contribution in [-0.2, 0) is 18.2 Å². The van der Waals surface area contributed by atoms with Crippen molar-refractivity contribution >= 4 is 11.2 Å². The van der Waals surface area contributed by atoms with E-state index in [0.29, 0.717) is 23.4 Å². The van der Waals surface area contributed by atoms with Crippen LogP contribution >= 0.6 is 0 Å². The fourth-order valence-electron chi connectivity index (χ4n) is 4.32. The highest BCUT2D eigenvalue weighted by Gasteiger charge is 2.33. The molecule has 2 N–H and O–H groups in total. The molecule has 0 amide bonds. The minimum atomic E-state index is -4.66. The van der Waals surface area contributed by atoms with Gasteiger partial charge in [0.1, 0.15) is 16.8 Å². The zero-order valence-electron chi connectivity index (χ0n) is 22.5. The molecule has 0 unspecified atom stereocenters. The average Bonchev–Trinajstić information content (AvgIpc) is 2.91. The third kappa shape index (κ3) is 6.25. The molecule has 0 aliphatic heterocycles. The summed E-state index contributed by atoms with van der Waals surface area (Å²) in [5.74, 6) is 0.123. The van der Waals surface area contributed by atoms with E-state index in [1.807, 2.05) is 0 Å². The Balaban J connectivity index is 1.60. The van der Waals surface area contributed by atoms with Crippen molar-refractivity contribution in [3.63, 3.8) is 0 Å². The highest BCUT2D eigenvalue weighted by molar-refractivity contribution is 5.87. The fraction of sp³-hybridized carbons (Fsp3) is 0.233. The summed E-state index contributed by atoms with van der Waals surface area (Å²) >= 11 is 0. The Labute approximate surface area is 233 Å². The number of aromatic nitrogens is 5. The maximum absolute atomic E-state index is 13.6. The average molecular weight is 562 g/mol. The van der Waals surface area contributed by atoms with Gasteiger partial charge in [-0.1, -0.05) is 36.4 Å². The smallest absolute Gasteiger partial charge is 0.433 e. The van der Waals surface area contributed by atoms with Gasteiger partial charge >= 0.3 is 6.18 Å². The van der Waals surface area contributed by atoms with Crippen LogP contribution in [0.1, 0.15) is 36.6 Å². The SMILES string of the molecule is Cc1cc(-c2nc3c(OCCc4cccc(C(C)(C)O)n4)cc(=O)[nH]c3nc2-c2ccccc2)cc(C(F)(F)F)n1. The topological polar surface area (TPSA) is 114 Å². The highest BCUT2D eigenvalue weighted by Crippen LogP contribution is 2.36. The van der Waals surface area contributed by atoms with E-state index in [1.165, 1.54) is 19.1 Å². The first-order valence-electron chi connectivity index (χ1n) is 12.8. The molecule has 8 nitrogen and oxygen atoms in total. The van der Waals surface area contributed by atoms with Gasteiger partial charge in [0.25, 0.3) is 5.56 Å². The Morgan fingerprint density at radius 3 is 2.29 bits per heavy atom. The minimum Gasteiger partial charge on any atom is -0.491 e.